The van der Waals surface area contributed by atoms with E-state index in [9.17, 15) is 0 Å². The molecule has 1 saturated carbocycles. The minimum absolute atomic E-state index is 0.692. The molecule has 0 aliphatic heterocycles. The molecular weight excluding hydrogens is 210 g/mol. The van der Waals surface area contributed by atoms with Gasteiger partial charge in [0.15, 0.2) is 0 Å². The summed E-state index contributed by atoms with van der Waals surface area (Å²) in [5.41, 5.74) is 1.35. The molecule has 0 radical (unpaired) electrons. The highest BCUT2D eigenvalue weighted by Crippen LogP contribution is 2.32. The van der Waals surface area contributed by atoms with Gasteiger partial charge < -0.3 is 5.10 Å². The first kappa shape index (κ1) is 12.3. The number of nitrogens with one attached hydrogen (secondary N) is 1. The van der Waals surface area contributed by atoms with Gasteiger partial charge in [-0.3, -0.25) is 4.68 Å². The summed E-state index contributed by atoms with van der Waals surface area (Å²) in [5.74, 6) is 0.878. The molecule has 0 bridgehead atoms. The molecule has 1 fully saturated rings. The van der Waals surface area contributed by atoms with Gasteiger partial charge in [0.25, 0.3) is 0 Å². The fourth-order valence-corrected chi connectivity index (χ4v) is 2.82. The van der Waals surface area contributed by atoms with E-state index in [0.29, 0.717) is 12.5 Å². The van der Waals surface area contributed by atoms with Crippen molar-refractivity contribution in [2.75, 3.05) is 0 Å². The van der Waals surface area contributed by atoms with Crippen LogP contribution in [0.4, 0.5) is 0 Å². The summed E-state index contributed by atoms with van der Waals surface area (Å²) in [7, 11) is 0. The van der Waals surface area contributed by atoms with E-state index >= 15 is 0 Å². The Hall–Kier alpha value is -1.17. The summed E-state index contributed by atoms with van der Waals surface area (Å²) in [6.07, 6.45) is 11.6. The van der Waals surface area contributed by atoms with Crippen molar-refractivity contribution < 1.29 is 0 Å². The Morgan fingerprint density at radius 1 is 1.47 bits per heavy atom. The normalized spacial score (nSPS) is 24.7. The molecule has 17 heavy (non-hydrogen) atoms. The predicted molar refractivity (Wildman–Crippen MR) is 68.6 cm³/mol. The van der Waals surface area contributed by atoms with Crippen molar-refractivity contribution >= 4 is 0 Å². The Balaban J connectivity index is 1.71. The molecule has 2 rings (SSSR count). The van der Waals surface area contributed by atoms with Crippen LogP contribution in [0.2, 0.25) is 0 Å². The molecule has 0 saturated heterocycles. The van der Waals surface area contributed by atoms with E-state index < -0.39 is 0 Å². The van der Waals surface area contributed by atoms with Crippen LogP contribution in [0, 0.1) is 17.2 Å². The third kappa shape index (κ3) is 3.39. The first-order valence-electron chi connectivity index (χ1n) is 6.92. The maximum absolute atomic E-state index is 8.45. The van der Waals surface area contributed by atoms with Crippen LogP contribution in [-0.2, 0) is 6.42 Å². The molecule has 0 spiro atoms. The highest BCUT2D eigenvalue weighted by Gasteiger charge is 2.21. The first-order valence-corrected chi connectivity index (χ1v) is 6.92. The molecule has 0 amide bonds. The first-order chi connectivity index (χ1) is 8.29. The number of unbranched alkanes of at least 4 members (excludes halogenated alkanes) is 2. The van der Waals surface area contributed by atoms with Gasteiger partial charge in [0.1, 0.15) is 0 Å². The van der Waals surface area contributed by atoms with Crippen LogP contribution in [0.15, 0.2) is 6.20 Å². The minimum atomic E-state index is 0.692. The fraction of sp³-hybridized carbons (Fsp3) is 0.786. The Kier molecular flexibility index (Phi) is 4.30. The van der Waals surface area contributed by atoms with Crippen molar-refractivity contribution in [1.29, 1.82) is 5.26 Å². The lowest BCUT2D eigenvalue weighted by Gasteiger charge is -2.31. The van der Waals surface area contributed by atoms with Crippen LogP contribution in [0.3, 0.4) is 0 Å². The zero-order chi connectivity index (χ0) is 12.1. The van der Waals surface area contributed by atoms with Crippen molar-refractivity contribution in [1.82, 2.24) is 9.78 Å². The largest absolute Gasteiger partial charge is 0.301 e. The third-order valence-electron chi connectivity index (χ3n) is 3.85. The maximum Gasteiger partial charge on any atom is 0.0621 e. The molecule has 1 aliphatic carbocycles. The van der Waals surface area contributed by atoms with Crippen molar-refractivity contribution in [2.45, 2.75) is 64.3 Å². The monoisotopic (exact) mass is 233 g/mol. The molecule has 3 nitrogen and oxygen atoms in total. The van der Waals surface area contributed by atoms with Gasteiger partial charge in [0, 0.05) is 18.3 Å². The van der Waals surface area contributed by atoms with Crippen LogP contribution in [0.5, 0.6) is 0 Å². The van der Waals surface area contributed by atoms with Gasteiger partial charge in [-0.15, -0.1) is 0 Å². The number of nitriles is 1. The summed E-state index contributed by atoms with van der Waals surface area (Å²) in [6.45, 7) is 2.36. The molecule has 1 aromatic rings. The van der Waals surface area contributed by atoms with E-state index in [2.05, 4.69) is 29.0 Å². The Bertz CT molecular complexity index is 357. The predicted octanol–water partition coefficient (Wildman–Crippen LogP) is 3.80. The zero-order valence-corrected chi connectivity index (χ0v) is 10.8. The number of hydrogen-bond acceptors (Lipinski definition) is 1. The van der Waals surface area contributed by atoms with Gasteiger partial charge in [-0.1, -0.05) is 19.8 Å². The van der Waals surface area contributed by atoms with Crippen molar-refractivity contribution in [3.8, 4) is 6.07 Å². The van der Waals surface area contributed by atoms with E-state index in [1.54, 1.807) is 0 Å². The van der Waals surface area contributed by atoms with Gasteiger partial charge in [0.05, 0.1) is 12.1 Å². The highest BCUT2D eigenvalue weighted by molar-refractivity contribution is 4.99. The van der Waals surface area contributed by atoms with E-state index in [1.807, 2.05) is 0 Å². The van der Waals surface area contributed by atoms with E-state index in [4.69, 9.17) is 5.26 Å². The number of aryl methyl sites for hydroxylation is 1. The van der Waals surface area contributed by atoms with Crippen LogP contribution in [-0.4, -0.2) is 9.78 Å². The number of nitrogens with zero attached hydrogens (tertiary/aromatic N) is 2. The van der Waals surface area contributed by atoms with Crippen molar-refractivity contribution in [3.05, 3.63) is 11.9 Å². The quantitative estimate of drug-likeness (QED) is 0.772. The average molecular weight is 233 g/mol. The molecule has 1 N–H and O–H groups in total. The maximum atomic E-state index is 8.45. The minimum Gasteiger partial charge on any atom is -0.301 e. The summed E-state index contributed by atoms with van der Waals surface area (Å²) < 4.78 is 2.30. The lowest BCUT2D eigenvalue weighted by molar-refractivity contribution is 0.253. The van der Waals surface area contributed by atoms with E-state index in [1.165, 1.54) is 31.4 Å². The molecule has 1 aromatic heterocycles. The second-order valence-electron chi connectivity index (χ2n) is 5.46. The fourth-order valence-electron chi connectivity index (χ4n) is 2.82. The Morgan fingerprint density at radius 3 is 3.00 bits per heavy atom. The Morgan fingerprint density at radius 2 is 2.29 bits per heavy atom. The van der Waals surface area contributed by atoms with E-state index in [-0.39, 0.29) is 0 Å². The van der Waals surface area contributed by atoms with E-state index in [0.717, 1.165) is 25.2 Å². The SMILES string of the molecule is CC1CCCC(n2cc(CCCCC#N)[nH]2)C1. The molecule has 1 heterocycles. The molecule has 3 heteroatoms. The van der Waals surface area contributed by atoms with Crippen molar-refractivity contribution in [2.24, 2.45) is 5.92 Å². The van der Waals surface area contributed by atoms with Crippen LogP contribution >= 0.6 is 0 Å². The number of hydrogen-bond donors (Lipinski definition) is 1. The lowest BCUT2D eigenvalue weighted by Crippen LogP contribution is -2.23. The lowest BCUT2D eigenvalue weighted by atomic mass is 9.87. The zero-order valence-electron chi connectivity index (χ0n) is 10.8. The van der Waals surface area contributed by atoms with Crippen LogP contribution in [0.25, 0.3) is 0 Å². The van der Waals surface area contributed by atoms with Crippen molar-refractivity contribution in [3.63, 3.8) is 0 Å². The smallest absolute Gasteiger partial charge is 0.0621 e. The summed E-state index contributed by atoms with van der Waals surface area (Å²) in [4.78, 5) is 0. The average Bonchev–Trinajstić information content (AvgIpc) is 2.26. The number of rotatable bonds is 5. The molecule has 2 atom stereocenters. The standard InChI is InChI=1S/C14H23N3/c1-12-6-5-8-14(10-12)17-11-13(16-17)7-3-2-4-9-15/h11-12,14,16H,2-8,10H2,1H3. The molecule has 2 unspecified atom stereocenters. The summed E-state index contributed by atoms with van der Waals surface area (Å²) in [6, 6.07) is 2.90. The van der Waals surface area contributed by atoms with Gasteiger partial charge in [0.2, 0.25) is 0 Å². The molecule has 94 valence electrons. The second kappa shape index (κ2) is 5.95. The highest BCUT2D eigenvalue weighted by atomic mass is 15.3. The van der Waals surface area contributed by atoms with Gasteiger partial charge >= 0.3 is 0 Å². The van der Waals surface area contributed by atoms with Crippen LogP contribution in [0.1, 0.15) is 63.6 Å². The van der Waals surface area contributed by atoms with Gasteiger partial charge in [-0.05, 0) is 38.0 Å². The molecule has 1 aliphatic rings. The Labute approximate surface area is 104 Å². The molecular formula is C14H23N3. The number of aromatic amines is 1. The molecule has 0 aromatic carbocycles. The summed E-state index contributed by atoms with van der Waals surface area (Å²) in [5, 5.41) is 11.9. The summed E-state index contributed by atoms with van der Waals surface area (Å²) >= 11 is 0. The number of aromatic nitrogens is 2. The second-order valence-corrected chi connectivity index (χ2v) is 5.46. The van der Waals surface area contributed by atoms with Crippen LogP contribution < -0.4 is 0 Å². The third-order valence-corrected chi connectivity index (χ3v) is 3.85. The van der Waals surface area contributed by atoms with Gasteiger partial charge in [-0.2, -0.15) is 5.26 Å². The number of H-pyrrole nitrogens is 1. The van der Waals surface area contributed by atoms with Gasteiger partial charge in [-0.25, -0.2) is 0 Å². The topological polar surface area (TPSA) is 44.5 Å².